The Labute approximate surface area is 115 Å². The molecule has 0 saturated carbocycles. The Morgan fingerprint density at radius 2 is 2.11 bits per heavy atom. The predicted octanol–water partition coefficient (Wildman–Crippen LogP) is 2.90. The maximum atomic E-state index is 10.2. The molecule has 0 bridgehead atoms. The summed E-state index contributed by atoms with van der Waals surface area (Å²) in [5.41, 5.74) is 2.27. The average molecular weight is 278 g/mol. The minimum absolute atomic E-state index is 0.259. The summed E-state index contributed by atoms with van der Waals surface area (Å²) >= 11 is 1.65. The molecule has 1 N–H and O–H groups in total. The zero-order valence-corrected chi connectivity index (χ0v) is 11.1. The van der Waals surface area contributed by atoms with Crippen LogP contribution >= 0.6 is 11.3 Å². The number of carboxylic acid groups (broad SMARTS) is 1. The maximum Gasteiger partial charge on any atom is 0.329 e. The molecule has 1 aromatic heterocycles. The Balaban J connectivity index is 1.84. The third-order valence-electron chi connectivity index (χ3n) is 2.41. The molecule has 0 spiro atoms. The minimum atomic E-state index is -0.973. The lowest BCUT2D eigenvalue weighted by Crippen LogP contribution is -2.12. The number of aliphatic carboxylic acids is 1. The molecule has 0 unspecified atom stereocenters. The van der Waals surface area contributed by atoms with Crippen LogP contribution in [0.4, 0.5) is 0 Å². The van der Waals surface area contributed by atoms with E-state index in [0.717, 1.165) is 16.9 Å². The van der Waals surface area contributed by atoms with Crippen molar-refractivity contribution in [3.05, 3.63) is 41.1 Å². The fourth-order valence-electron chi connectivity index (χ4n) is 1.57. The van der Waals surface area contributed by atoms with Gasteiger partial charge < -0.3 is 14.6 Å². The van der Waals surface area contributed by atoms with Crippen LogP contribution in [0.1, 0.15) is 0 Å². The standard InChI is InChI=1S/C14H14O4S/c15-14(16)9-17-5-6-18-13-3-1-2-11(8-13)12-4-7-19-10-12/h1-4,7-8,10H,5-6,9H2,(H,15,16). The molecule has 0 saturated heterocycles. The summed E-state index contributed by atoms with van der Waals surface area (Å²) in [5.74, 6) is -0.220. The van der Waals surface area contributed by atoms with Gasteiger partial charge >= 0.3 is 5.97 Å². The van der Waals surface area contributed by atoms with Crippen LogP contribution < -0.4 is 4.74 Å². The molecule has 100 valence electrons. The van der Waals surface area contributed by atoms with E-state index in [1.165, 1.54) is 0 Å². The van der Waals surface area contributed by atoms with E-state index in [0.29, 0.717) is 6.61 Å². The Kier molecular flexibility index (Phi) is 4.94. The van der Waals surface area contributed by atoms with Crippen molar-refractivity contribution >= 4 is 17.3 Å². The lowest BCUT2D eigenvalue weighted by molar-refractivity contribution is -0.142. The topological polar surface area (TPSA) is 55.8 Å². The summed E-state index contributed by atoms with van der Waals surface area (Å²) in [6, 6.07) is 9.84. The molecule has 2 rings (SSSR count). The first-order valence-electron chi connectivity index (χ1n) is 5.80. The van der Waals surface area contributed by atoms with Crippen molar-refractivity contribution in [1.29, 1.82) is 0 Å². The summed E-state index contributed by atoms with van der Waals surface area (Å²) < 4.78 is 10.4. The van der Waals surface area contributed by atoms with Crippen LogP contribution in [-0.2, 0) is 9.53 Å². The van der Waals surface area contributed by atoms with Crippen LogP contribution in [-0.4, -0.2) is 30.9 Å². The monoisotopic (exact) mass is 278 g/mol. The molecule has 5 heteroatoms. The van der Waals surface area contributed by atoms with E-state index < -0.39 is 5.97 Å². The normalized spacial score (nSPS) is 10.3. The molecule has 1 heterocycles. The van der Waals surface area contributed by atoms with Crippen LogP contribution in [0.25, 0.3) is 11.1 Å². The minimum Gasteiger partial charge on any atom is -0.491 e. The van der Waals surface area contributed by atoms with Crippen LogP contribution in [0.3, 0.4) is 0 Å². The van der Waals surface area contributed by atoms with Gasteiger partial charge in [0, 0.05) is 0 Å². The Morgan fingerprint density at radius 1 is 1.21 bits per heavy atom. The number of hydrogen-bond acceptors (Lipinski definition) is 4. The quantitative estimate of drug-likeness (QED) is 0.791. The van der Waals surface area contributed by atoms with Crippen molar-refractivity contribution in [3.63, 3.8) is 0 Å². The number of rotatable bonds is 7. The Bertz CT molecular complexity index is 522. The molecule has 2 aromatic rings. The summed E-state index contributed by atoms with van der Waals surface area (Å²) in [6.07, 6.45) is 0. The second-order valence-corrected chi connectivity index (χ2v) is 4.61. The summed E-state index contributed by atoms with van der Waals surface area (Å²) in [7, 11) is 0. The van der Waals surface area contributed by atoms with Crippen LogP contribution in [0.2, 0.25) is 0 Å². The van der Waals surface area contributed by atoms with E-state index in [-0.39, 0.29) is 13.2 Å². The van der Waals surface area contributed by atoms with Gasteiger partial charge in [-0.25, -0.2) is 4.79 Å². The highest BCUT2D eigenvalue weighted by atomic mass is 32.1. The molecule has 0 radical (unpaired) electrons. The number of thiophene rings is 1. The third-order valence-corrected chi connectivity index (χ3v) is 3.09. The van der Waals surface area contributed by atoms with Gasteiger partial charge in [-0.3, -0.25) is 0 Å². The average Bonchev–Trinajstić information content (AvgIpc) is 2.92. The molecular formula is C14H14O4S. The summed E-state index contributed by atoms with van der Waals surface area (Å²) in [6.45, 7) is 0.299. The lowest BCUT2D eigenvalue weighted by atomic mass is 10.1. The van der Waals surface area contributed by atoms with Gasteiger partial charge in [-0.05, 0) is 40.1 Å². The molecule has 1 aromatic carbocycles. The Hall–Kier alpha value is -1.85. The van der Waals surface area contributed by atoms with E-state index in [9.17, 15) is 4.79 Å². The summed E-state index contributed by atoms with van der Waals surface area (Å²) in [5, 5.41) is 12.5. The first-order valence-corrected chi connectivity index (χ1v) is 6.75. The van der Waals surface area contributed by atoms with E-state index in [1.54, 1.807) is 11.3 Å². The number of ether oxygens (including phenoxy) is 2. The zero-order chi connectivity index (χ0) is 13.5. The molecule has 0 atom stereocenters. The fourth-order valence-corrected chi connectivity index (χ4v) is 2.24. The molecule has 19 heavy (non-hydrogen) atoms. The predicted molar refractivity (Wildman–Crippen MR) is 73.7 cm³/mol. The second kappa shape index (κ2) is 6.92. The third kappa shape index (κ3) is 4.39. The van der Waals surface area contributed by atoms with Crippen molar-refractivity contribution in [2.24, 2.45) is 0 Å². The highest BCUT2D eigenvalue weighted by Crippen LogP contribution is 2.25. The highest BCUT2D eigenvalue weighted by Gasteiger charge is 2.01. The van der Waals surface area contributed by atoms with Gasteiger partial charge in [-0.15, -0.1) is 0 Å². The highest BCUT2D eigenvalue weighted by molar-refractivity contribution is 7.08. The lowest BCUT2D eigenvalue weighted by Gasteiger charge is -2.07. The first-order chi connectivity index (χ1) is 9.25. The molecular weight excluding hydrogens is 264 g/mol. The number of hydrogen-bond donors (Lipinski definition) is 1. The van der Waals surface area contributed by atoms with Crippen LogP contribution in [0, 0.1) is 0 Å². The van der Waals surface area contributed by atoms with Gasteiger partial charge in [0.1, 0.15) is 19.0 Å². The molecule has 4 nitrogen and oxygen atoms in total. The second-order valence-electron chi connectivity index (χ2n) is 3.83. The van der Waals surface area contributed by atoms with Gasteiger partial charge in [0.25, 0.3) is 0 Å². The van der Waals surface area contributed by atoms with E-state index in [2.05, 4.69) is 11.4 Å². The van der Waals surface area contributed by atoms with Gasteiger partial charge in [0.05, 0.1) is 6.61 Å². The van der Waals surface area contributed by atoms with Crippen molar-refractivity contribution in [3.8, 4) is 16.9 Å². The van der Waals surface area contributed by atoms with Gasteiger partial charge in [0.15, 0.2) is 0 Å². The van der Waals surface area contributed by atoms with Gasteiger partial charge in [0.2, 0.25) is 0 Å². The van der Waals surface area contributed by atoms with Crippen molar-refractivity contribution in [2.45, 2.75) is 0 Å². The first kappa shape index (κ1) is 13.6. The van der Waals surface area contributed by atoms with Gasteiger partial charge in [-0.1, -0.05) is 12.1 Å². The molecule has 0 fully saturated rings. The number of benzene rings is 1. The SMILES string of the molecule is O=C(O)COCCOc1cccc(-c2ccsc2)c1. The molecule has 0 amide bonds. The fraction of sp³-hybridized carbons (Fsp3) is 0.214. The molecule has 0 aliphatic carbocycles. The van der Waals surface area contributed by atoms with Crippen molar-refractivity contribution in [2.75, 3.05) is 19.8 Å². The maximum absolute atomic E-state index is 10.2. The largest absolute Gasteiger partial charge is 0.491 e. The van der Waals surface area contributed by atoms with E-state index in [1.807, 2.05) is 29.6 Å². The van der Waals surface area contributed by atoms with Crippen LogP contribution in [0.5, 0.6) is 5.75 Å². The van der Waals surface area contributed by atoms with Gasteiger partial charge in [-0.2, -0.15) is 11.3 Å². The van der Waals surface area contributed by atoms with Crippen molar-refractivity contribution < 1.29 is 19.4 Å². The Morgan fingerprint density at radius 3 is 2.84 bits per heavy atom. The van der Waals surface area contributed by atoms with Crippen molar-refractivity contribution in [1.82, 2.24) is 0 Å². The molecule has 0 aliphatic rings. The zero-order valence-electron chi connectivity index (χ0n) is 10.2. The van der Waals surface area contributed by atoms with E-state index in [4.69, 9.17) is 14.6 Å². The number of carboxylic acids is 1. The molecule has 0 aliphatic heterocycles. The number of carbonyl (C=O) groups is 1. The summed E-state index contributed by atoms with van der Waals surface area (Å²) in [4.78, 5) is 10.2. The smallest absolute Gasteiger partial charge is 0.329 e. The van der Waals surface area contributed by atoms with Crippen LogP contribution in [0.15, 0.2) is 41.1 Å². The van der Waals surface area contributed by atoms with E-state index >= 15 is 0 Å².